The van der Waals surface area contributed by atoms with Crippen LogP contribution in [0.5, 0.6) is 0 Å². The van der Waals surface area contributed by atoms with Gasteiger partial charge >= 0.3 is 0 Å². The van der Waals surface area contributed by atoms with E-state index in [1.54, 1.807) is 11.3 Å². The molecule has 0 fully saturated rings. The standard InChI is InChI=1S/C14H17NS.ClH/c1-2-12-5-7-13(8-6-12)10-15-11-14-4-3-9-16-14;/h3-9,15H,2,10-11H2,1H3;1H/p-1. The van der Waals surface area contributed by atoms with E-state index in [4.69, 9.17) is 0 Å². The molecule has 3 heteroatoms. The van der Waals surface area contributed by atoms with Crippen molar-refractivity contribution < 1.29 is 12.4 Å². The molecule has 0 aliphatic carbocycles. The van der Waals surface area contributed by atoms with E-state index in [0.717, 1.165) is 19.5 Å². The summed E-state index contributed by atoms with van der Waals surface area (Å²) in [5.74, 6) is 0. The highest BCUT2D eigenvalue weighted by molar-refractivity contribution is 7.09. The van der Waals surface area contributed by atoms with Crippen LogP contribution in [0.2, 0.25) is 0 Å². The minimum atomic E-state index is 0. The zero-order valence-electron chi connectivity index (χ0n) is 9.95. The molecule has 2 aromatic rings. The first kappa shape index (κ1) is 14.2. The molecule has 0 radical (unpaired) electrons. The molecular weight excluding hydrogens is 250 g/mol. The summed E-state index contributed by atoms with van der Waals surface area (Å²) < 4.78 is 0. The van der Waals surface area contributed by atoms with Gasteiger partial charge in [0, 0.05) is 18.0 Å². The second-order valence-electron chi connectivity index (χ2n) is 3.85. The van der Waals surface area contributed by atoms with Gasteiger partial charge in [0.15, 0.2) is 0 Å². The Hall–Kier alpha value is -0.830. The zero-order chi connectivity index (χ0) is 11.2. The summed E-state index contributed by atoms with van der Waals surface area (Å²) in [5, 5.41) is 5.57. The van der Waals surface area contributed by atoms with Gasteiger partial charge in [0.05, 0.1) is 0 Å². The molecule has 1 N–H and O–H groups in total. The van der Waals surface area contributed by atoms with Gasteiger partial charge in [0.25, 0.3) is 0 Å². The van der Waals surface area contributed by atoms with Gasteiger partial charge in [0.2, 0.25) is 0 Å². The summed E-state index contributed by atoms with van der Waals surface area (Å²) in [6, 6.07) is 13.1. The fourth-order valence-electron chi connectivity index (χ4n) is 1.64. The molecule has 2 rings (SSSR count). The molecule has 0 saturated heterocycles. The number of halogens is 1. The highest BCUT2D eigenvalue weighted by atomic mass is 35.5. The number of hydrogen-bond donors (Lipinski definition) is 1. The maximum Gasteiger partial charge on any atom is 0.0302 e. The van der Waals surface area contributed by atoms with Gasteiger partial charge in [-0.25, -0.2) is 0 Å². The molecule has 92 valence electrons. The van der Waals surface area contributed by atoms with Crippen LogP contribution in [0.3, 0.4) is 0 Å². The normalized spacial score (nSPS) is 9.94. The van der Waals surface area contributed by atoms with Gasteiger partial charge in [-0.05, 0) is 29.0 Å². The number of rotatable bonds is 5. The molecule has 0 unspecified atom stereocenters. The highest BCUT2D eigenvalue weighted by Gasteiger charge is 1.95. The summed E-state index contributed by atoms with van der Waals surface area (Å²) in [6.45, 7) is 4.10. The van der Waals surface area contributed by atoms with Crippen molar-refractivity contribution in [3.05, 3.63) is 57.8 Å². The second-order valence-corrected chi connectivity index (χ2v) is 4.89. The third kappa shape index (κ3) is 4.50. The van der Waals surface area contributed by atoms with Crippen molar-refractivity contribution in [3.8, 4) is 0 Å². The van der Waals surface area contributed by atoms with Gasteiger partial charge in [-0.2, -0.15) is 0 Å². The van der Waals surface area contributed by atoms with Crippen LogP contribution in [-0.4, -0.2) is 0 Å². The zero-order valence-corrected chi connectivity index (χ0v) is 11.5. The molecule has 1 aromatic heterocycles. The third-order valence-corrected chi connectivity index (χ3v) is 3.52. The fourth-order valence-corrected chi connectivity index (χ4v) is 2.31. The SMILES string of the molecule is CCc1ccc(CNCc2cccs2)cc1.[Cl-]. The van der Waals surface area contributed by atoms with Crippen LogP contribution in [0.25, 0.3) is 0 Å². The largest absolute Gasteiger partial charge is 1.00 e. The Kier molecular flexibility index (Phi) is 6.27. The van der Waals surface area contributed by atoms with Crippen LogP contribution < -0.4 is 17.7 Å². The number of benzene rings is 1. The summed E-state index contributed by atoms with van der Waals surface area (Å²) in [4.78, 5) is 1.39. The first-order chi connectivity index (χ1) is 7.88. The van der Waals surface area contributed by atoms with Gasteiger partial charge in [-0.15, -0.1) is 11.3 Å². The lowest BCUT2D eigenvalue weighted by atomic mass is 10.1. The average molecular weight is 267 g/mol. The Morgan fingerprint density at radius 2 is 1.71 bits per heavy atom. The van der Waals surface area contributed by atoms with Crippen molar-refractivity contribution in [2.45, 2.75) is 26.4 Å². The first-order valence-corrected chi connectivity index (χ1v) is 6.57. The molecular formula is C14H17ClNS-. The van der Waals surface area contributed by atoms with Gasteiger partial charge in [0.1, 0.15) is 0 Å². The first-order valence-electron chi connectivity index (χ1n) is 5.69. The van der Waals surface area contributed by atoms with Crippen LogP contribution in [0.4, 0.5) is 0 Å². The molecule has 1 aromatic carbocycles. The third-order valence-electron chi connectivity index (χ3n) is 2.64. The van der Waals surface area contributed by atoms with Crippen molar-refractivity contribution >= 4 is 11.3 Å². The van der Waals surface area contributed by atoms with Crippen LogP contribution in [0.1, 0.15) is 22.9 Å². The van der Waals surface area contributed by atoms with Crippen molar-refractivity contribution in [3.63, 3.8) is 0 Å². The Morgan fingerprint density at radius 1 is 1.00 bits per heavy atom. The fraction of sp³-hybridized carbons (Fsp3) is 0.286. The maximum absolute atomic E-state index is 3.45. The highest BCUT2D eigenvalue weighted by Crippen LogP contribution is 2.09. The van der Waals surface area contributed by atoms with E-state index in [2.05, 4.69) is 54.0 Å². The van der Waals surface area contributed by atoms with E-state index in [1.807, 2.05) is 0 Å². The lowest BCUT2D eigenvalue weighted by Gasteiger charge is -2.04. The number of nitrogens with one attached hydrogen (secondary N) is 1. The minimum absolute atomic E-state index is 0. The molecule has 0 aliphatic heterocycles. The Morgan fingerprint density at radius 3 is 2.29 bits per heavy atom. The molecule has 17 heavy (non-hydrogen) atoms. The Bertz CT molecular complexity index is 408. The van der Waals surface area contributed by atoms with E-state index >= 15 is 0 Å². The predicted octanol–water partition coefficient (Wildman–Crippen LogP) is 0.604. The molecule has 0 atom stereocenters. The lowest BCUT2D eigenvalue weighted by molar-refractivity contribution is -0.00000325. The molecule has 1 nitrogen and oxygen atoms in total. The molecule has 1 heterocycles. The summed E-state index contributed by atoms with van der Waals surface area (Å²) in [7, 11) is 0. The molecule has 0 bridgehead atoms. The van der Waals surface area contributed by atoms with Gasteiger partial charge in [-0.3, -0.25) is 0 Å². The average Bonchev–Trinajstić information content (AvgIpc) is 2.83. The topological polar surface area (TPSA) is 12.0 Å². The number of hydrogen-bond acceptors (Lipinski definition) is 2. The smallest absolute Gasteiger partial charge is 0.0302 e. The quantitative estimate of drug-likeness (QED) is 0.836. The lowest BCUT2D eigenvalue weighted by Crippen LogP contribution is -3.00. The van der Waals surface area contributed by atoms with Crippen LogP contribution >= 0.6 is 11.3 Å². The molecule has 0 aliphatic rings. The summed E-state index contributed by atoms with van der Waals surface area (Å²) >= 11 is 1.80. The van der Waals surface area contributed by atoms with Crippen LogP contribution in [0.15, 0.2) is 41.8 Å². The summed E-state index contributed by atoms with van der Waals surface area (Å²) in [5.41, 5.74) is 2.76. The summed E-state index contributed by atoms with van der Waals surface area (Å²) in [6.07, 6.45) is 1.11. The van der Waals surface area contributed by atoms with E-state index in [0.29, 0.717) is 0 Å². The van der Waals surface area contributed by atoms with E-state index < -0.39 is 0 Å². The van der Waals surface area contributed by atoms with Crippen LogP contribution in [-0.2, 0) is 19.5 Å². The Balaban J connectivity index is 0.00000144. The van der Waals surface area contributed by atoms with Gasteiger partial charge < -0.3 is 17.7 Å². The monoisotopic (exact) mass is 266 g/mol. The van der Waals surface area contributed by atoms with Crippen molar-refractivity contribution in [1.82, 2.24) is 5.32 Å². The van der Waals surface area contributed by atoms with Gasteiger partial charge in [-0.1, -0.05) is 37.3 Å². The van der Waals surface area contributed by atoms with Crippen molar-refractivity contribution in [2.24, 2.45) is 0 Å². The molecule has 0 saturated carbocycles. The maximum atomic E-state index is 3.45. The molecule has 0 amide bonds. The molecule has 0 spiro atoms. The van der Waals surface area contributed by atoms with E-state index in [1.165, 1.54) is 16.0 Å². The predicted molar refractivity (Wildman–Crippen MR) is 70.7 cm³/mol. The van der Waals surface area contributed by atoms with Crippen molar-refractivity contribution in [1.29, 1.82) is 0 Å². The van der Waals surface area contributed by atoms with Crippen LogP contribution in [0, 0.1) is 0 Å². The van der Waals surface area contributed by atoms with E-state index in [9.17, 15) is 0 Å². The van der Waals surface area contributed by atoms with E-state index in [-0.39, 0.29) is 12.4 Å². The van der Waals surface area contributed by atoms with Crippen molar-refractivity contribution in [2.75, 3.05) is 0 Å². The number of thiophene rings is 1. The minimum Gasteiger partial charge on any atom is -1.00 e. The Labute approximate surface area is 113 Å². The second kappa shape index (κ2) is 7.49. The number of aryl methyl sites for hydroxylation is 1.